The van der Waals surface area contributed by atoms with Crippen molar-refractivity contribution in [2.45, 2.75) is 13.8 Å². The molecule has 0 spiro atoms. The Labute approximate surface area is 152 Å². The van der Waals surface area contributed by atoms with Crippen LogP contribution >= 0.6 is 15.9 Å². The van der Waals surface area contributed by atoms with Crippen molar-refractivity contribution >= 4 is 39.2 Å². The summed E-state index contributed by atoms with van der Waals surface area (Å²) in [7, 11) is 0. The number of nitro groups is 1. The number of carbonyl (C=O) groups is 2. The molecule has 0 aliphatic rings. The van der Waals surface area contributed by atoms with E-state index in [9.17, 15) is 19.7 Å². The zero-order valence-electron chi connectivity index (χ0n) is 13.5. The van der Waals surface area contributed by atoms with Crippen LogP contribution in [0.2, 0.25) is 0 Å². The van der Waals surface area contributed by atoms with Gasteiger partial charge < -0.3 is 10.1 Å². The fourth-order valence-electron chi connectivity index (χ4n) is 2.15. The van der Waals surface area contributed by atoms with Gasteiger partial charge in [0.25, 0.3) is 11.6 Å². The maximum Gasteiger partial charge on any atom is 0.338 e. The molecule has 0 unspecified atom stereocenters. The van der Waals surface area contributed by atoms with Gasteiger partial charge in [0.2, 0.25) is 0 Å². The molecule has 0 aromatic heterocycles. The van der Waals surface area contributed by atoms with Crippen LogP contribution in [0.15, 0.2) is 40.9 Å². The summed E-state index contributed by atoms with van der Waals surface area (Å²) in [6.07, 6.45) is 0. The summed E-state index contributed by atoms with van der Waals surface area (Å²) >= 11 is 3.44. The number of halogens is 1. The van der Waals surface area contributed by atoms with E-state index < -0.39 is 23.4 Å². The number of esters is 1. The van der Waals surface area contributed by atoms with Crippen LogP contribution in [0.1, 0.15) is 21.5 Å². The Kier molecular flexibility index (Phi) is 5.87. The van der Waals surface area contributed by atoms with E-state index in [4.69, 9.17) is 4.74 Å². The third-order valence-corrected chi connectivity index (χ3v) is 4.62. The molecule has 0 aliphatic heterocycles. The van der Waals surface area contributed by atoms with Crippen molar-refractivity contribution in [3.8, 4) is 0 Å². The lowest BCUT2D eigenvalue weighted by atomic mass is 10.1. The zero-order valence-corrected chi connectivity index (χ0v) is 15.1. The number of rotatable bonds is 5. The van der Waals surface area contributed by atoms with Gasteiger partial charge in [0.15, 0.2) is 6.61 Å². The molecule has 25 heavy (non-hydrogen) atoms. The zero-order chi connectivity index (χ0) is 18.6. The van der Waals surface area contributed by atoms with Gasteiger partial charge in [-0.2, -0.15) is 0 Å². The minimum Gasteiger partial charge on any atom is -0.452 e. The molecular formula is C17H15BrN2O5. The number of anilines is 1. The van der Waals surface area contributed by atoms with Crippen LogP contribution in [0.3, 0.4) is 0 Å². The molecule has 0 bridgehead atoms. The molecule has 2 aromatic carbocycles. The minimum atomic E-state index is -0.729. The fourth-order valence-corrected chi connectivity index (χ4v) is 2.38. The highest BCUT2D eigenvalue weighted by molar-refractivity contribution is 9.10. The molecule has 2 rings (SSSR count). The molecule has 1 amide bonds. The summed E-state index contributed by atoms with van der Waals surface area (Å²) < 4.78 is 5.88. The van der Waals surface area contributed by atoms with Crippen molar-refractivity contribution in [2.75, 3.05) is 11.9 Å². The molecule has 0 heterocycles. The van der Waals surface area contributed by atoms with Gasteiger partial charge in [0, 0.05) is 22.3 Å². The fraction of sp³-hybridized carbons (Fsp3) is 0.176. The number of hydrogen-bond acceptors (Lipinski definition) is 5. The number of nitrogens with zero attached hydrogens (tertiary/aromatic N) is 1. The number of ether oxygens (including phenoxy) is 1. The first-order valence-electron chi connectivity index (χ1n) is 7.26. The van der Waals surface area contributed by atoms with E-state index in [0.717, 1.165) is 15.6 Å². The molecule has 0 saturated carbocycles. The van der Waals surface area contributed by atoms with E-state index in [1.807, 2.05) is 13.8 Å². The molecule has 0 aliphatic carbocycles. The van der Waals surface area contributed by atoms with Crippen molar-refractivity contribution in [3.63, 3.8) is 0 Å². The van der Waals surface area contributed by atoms with E-state index >= 15 is 0 Å². The second kappa shape index (κ2) is 7.89. The van der Waals surface area contributed by atoms with Crippen LogP contribution in [0.25, 0.3) is 0 Å². The highest BCUT2D eigenvalue weighted by atomic mass is 79.9. The van der Waals surface area contributed by atoms with Crippen LogP contribution in [0.5, 0.6) is 0 Å². The third kappa shape index (κ3) is 4.87. The Balaban J connectivity index is 1.93. The maximum atomic E-state index is 11.9. The Morgan fingerprint density at radius 3 is 2.24 bits per heavy atom. The first-order valence-corrected chi connectivity index (χ1v) is 8.05. The summed E-state index contributed by atoms with van der Waals surface area (Å²) in [5.74, 6) is -1.20. The number of carbonyl (C=O) groups excluding carboxylic acids is 2. The average Bonchev–Trinajstić information content (AvgIpc) is 2.57. The first-order chi connectivity index (χ1) is 11.8. The number of nitro benzene ring substituents is 1. The minimum absolute atomic E-state index is 0.129. The maximum absolute atomic E-state index is 11.9. The van der Waals surface area contributed by atoms with Crippen molar-refractivity contribution in [2.24, 2.45) is 0 Å². The molecule has 0 saturated heterocycles. The summed E-state index contributed by atoms with van der Waals surface area (Å²) in [6.45, 7) is 3.35. The van der Waals surface area contributed by atoms with Gasteiger partial charge >= 0.3 is 5.97 Å². The first kappa shape index (κ1) is 18.6. The highest BCUT2D eigenvalue weighted by Gasteiger charge is 2.13. The lowest BCUT2D eigenvalue weighted by Crippen LogP contribution is -2.21. The number of hydrogen-bond donors (Lipinski definition) is 1. The topological polar surface area (TPSA) is 98.5 Å². The Hall–Kier alpha value is -2.74. The predicted molar refractivity (Wildman–Crippen MR) is 95.6 cm³/mol. The van der Waals surface area contributed by atoms with Gasteiger partial charge in [-0.1, -0.05) is 15.9 Å². The second-order valence-electron chi connectivity index (χ2n) is 5.35. The van der Waals surface area contributed by atoms with Crippen molar-refractivity contribution < 1.29 is 19.2 Å². The molecule has 2 aromatic rings. The highest BCUT2D eigenvalue weighted by Crippen LogP contribution is 2.25. The number of aryl methyl sites for hydroxylation is 2. The number of benzene rings is 2. The Bertz CT molecular complexity index is 810. The number of non-ortho nitro benzene ring substituents is 1. The van der Waals surface area contributed by atoms with Crippen LogP contribution in [0, 0.1) is 24.0 Å². The molecule has 0 atom stereocenters. The third-order valence-electron chi connectivity index (χ3n) is 3.37. The van der Waals surface area contributed by atoms with Crippen LogP contribution in [-0.2, 0) is 9.53 Å². The van der Waals surface area contributed by atoms with Crippen LogP contribution < -0.4 is 5.32 Å². The largest absolute Gasteiger partial charge is 0.452 e. The monoisotopic (exact) mass is 406 g/mol. The standard InChI is InChI=1S/C17H15BrN2O5/c1-10-7-13(8-11(2)16(10)18)19-15(21)9-25-17(22)12-3-5-14(6-4-12)20(23)24/h3-8H,9H2,1-2H3,(H,19,21). The summed E-state index contributed by atoms with van der Waals surface area (Å²) in [5.41, 5.74) is 2.55. The van der Waals surface area contributed by atoms with Gasteiger partial charge in [-0.05, 0) is 49.2 Å². The Morgan fingerprint density at radius 1 is 1.16 bits per heavy atom. The second-order valence-corrected chi connectivity index (χ2v) is 6.15. The smallest absolute Gasteiger partial charge is 0.338 e. The summed E-state index contributed by atoms with van der Waals surface area (Å²) in [6, 6.07) is 8.55. The molecular weight excluding hydrogens is 392 g/mol. The normalized spacial score (nSPS) is 10.2. The van der Waals surface area contributed by atoms with Crippen molar-refractivity contribution in [3.05, 3.63) is 67.7 Å². The molecule has 8 heteroatoms. The molecule has 1 N–H and O–H groups in total. The summed E-state index contributed by atoms with van der Waals surface area (Å²) in [4.78, 5) is 33.8. The van der Waals surface area contributed by atoms with E-state index in [-0.39, 0.29) is 11.3 Å². The average molecular weight is 407 g/mol. The van der Waals surface area contributed by atoms with Crippen LogP contribution in [0.4, 0.5) is 11.4 Å². The molecule has 7 nitrogen and oxygen atoms in total. The molecule has 130 valence electrons. The van der Waals surface area contributed by atoms with E-state index in [0.29, 0.717) is 5.69 Å². The van der Waals surface area contributed by atoms with Crippen LogP contribution in [-0.4, -0.2) is 23.4 Å². The van der Waals surface area contributed by atoms with E-state index in [1.54, 1.807) is 12.1 Å². The predicted octanol–water partition coefficient (Wildman–Crippen LogP) is 3.77. The van der Waals surface area contributed by atoms with Crippen molar-refractivity contribution in [1.82, 2.24) is 0 Å². The number of amides is 1. The van der Waals surface area contributed by atoms with Gasteiger partial charge in [-0.15, -0.1) is 0 Å². The van der Waals surface area contributed by atoms with Gasteiger partial charge in [0.1, 0.15) is 0 Å². The molecule has 0 radical (unpaired) electrons. The van der Waals surface area contributed by atoms with E-state index in [2.05, 4.69) is 21.2 Å². The van der Waals surface area contributed by atoms with Gasteiger partial charge in [0.05, 0.1) is 10.5 Å². The number of nitrogens with one attached hydrogen (secondary N) is 1. The van der Waals surface area contributed by atoms with Crippen molar-refractivity contribution in [1.29, 1.82) is 0 Å². The quantitative estimate of drug-likeness (QED) is 0.462. The SMILES string of the molecule is Cc1cc(NC(=O)COC(=O)c2ccc([N+](=O)[O-])cc2)cc(C)c1Br. The molecule has 0 fully saturated rings. The van der Waals surface area contributed by atoms with E-state index in [1.165, 1.54) is 24.3 Å². The lowest BCUT2D eigenvalue weighted by Gasteiger charge is -2.10. The van der Waals surface area contributed by atoms with Gasteiger partial charge in [-0.25, -0.2) is 4.79 Å². The van der Waals surface area contributed by atoms with Gasteiger partial charge in [-0.3, -0.25) is 14.9 Å². The lowest BCUT2D eigenvalue weighted by molar-refractivity contribution is -0.384. The summed E-state index contributed by atoms with van der Waals surface area (Å²) in [5, 5.41) is 13.2. The Morgan fingerprint density at radius 2 is 1.72 bits per heavy atom.